The molecule has 4 nitrogen and oxygen atoms in total. The summed E-state index contributed by atoms with van der Waals surface area (Å²) < 4.78 is 5.15. The highest BCUT2D eigenvalue weighted by molar-refractivity contribution is 5.35. The van der Waals surface area contributed by atoms with E-state index in [2.05, 4.69) is 22.2 Å². The van der Waals surface area contributed by atoms with Crippen molar-refractivity contribution in [3.63, 3.8) is 0 Å². The summed E-state index contributed by atoms with van der Waals surface area (Å²) in [5, 5.41) is 3.42. The van der Waals surface area contributed by atoms with Gasteiger partial charge >= 0.3 is 0 Å². The summed E-state index contributed by atoms with van der Waals surface area (Å²) in [6, 6.07) is 2.03. The zero-order valence-corrected chi connectivity index (χ0v) is 10.7. The van der Waals surface area contributed by atoms with Crippen molar-refractivity contribution in [2.75, 3.05) is 25.6 Å². The molecule has 0 saturated heterocycles. The van der Waals surface area contributed by atoms with Crippen LogP contribution in [0.4, 0.5) is 5.82 Å². The van der Waals surface area contributed by atoms with Crippen LogP contribution in [0.5, 0.6) is 0 Å². The van der Waals surface area contributed by atoms with Crippen LogP contribution in [-0.4, -0.2) is 30.2 Å². The van der Waals surface area contributed by atoms with Crippen LogP contribution in [0.15, 0.2) is 12.4 Å². The zero-order chi connectivity index (χ0) is 12.1. The Hall–Kier alpha value is -1.16. The minimum Gasteiger partial charge on any atom is -0.385 e. The molecule has 1 aliphatic carbocycles. The first kappa shape index (κ1) is 12.3. The lowest BCUT2D eigenvalue weighted by Gasteiger charge is -2.15. The fourth-order valence-corrected chi connectivity index (χ4v) is 1.98. The van der Waals surface area contributed by atoms with E-state index in [1.165, 1.54) is 12.8 Å². The summed E-state index contributed by atoms with van der Waals surface area (Å²) in [6.07, 6.45) is 6.33. The SMILES string of the molecule is CCc1cc(NCC2(CCOC)CC2)ncn1. The van der Waals surface area contributed by atoms with Gasteiger partial charge in [0.25, 0.3) is 0 Å². The molecule has 1 aromatic rings. The molecular formula is C13H21N3O. The molecule has 1 saturated carbocycles. The Morgan fingerprint density at radius 3 is 2.88 bits per heavy atom. The lowest BCUT2D eigenvalue weighted by atomic mass is 10.0. The fourth-order valence-electron chi connectivity index (χ4n) is 1.98. The van der Waals surface area contributed by atoms with E-state index in [9.17, 15) is 0 Å². The molecular weight excluding hydrogens is 214 g/mol. The van der Waals surface area contributed by atoms with Gasteiger partial charge in [-0.25, -0.2) is 9.97 Å². The Labute approximate surface area is 103 Å². The van der Waals surface area contributed by atoms with Gasteiger partial charge in [0.1, 0.15) is 12.1 Å². The van der Waals surface area contributed by atoms with Crippen molar-refractivity contribution in [2.24, 2.45) is 5.41 Å². The van der Waals surface area contributed by atoms with E-state index in [4.69, 9.17) is 4.74 Å². The van der Waals surface area contributed by atoms with Crippen LogP contribution in [0.3, 0.4) is 0 Å². The quantitative estimate of drug-likeness (QED) is 0.787. The zero-order valence-electron chi connectivity index (χ0n) is 10.7. The minimum atomic E-state index is 0.452. The maximum absolute atomic E-state index is 5.15. The lowest BCUT2D eigenvalue weighted by molar-refractivity contribution is 0.175. The third-order valence-corrected chi connectivity index (χ3v) is 3.52. The predicted molar refractivity (Wildman–Crippen MR) is 68.1 cm³/mol. The molecule has 1 N–H and O–H groups in total. The summed E-state index contributed by atoms with van der Waals surface area (Å²) in [4.78, 5) is 8.44. The number of ether oxygens (including phenoxy) is 1. The number of anilines is 1. The molecule has 4 heteroatoms. The van der Waals surface area contributed by atoms with Gasteiger partial charge in [-0.1, -0.05) is 6.92 Å². The Kier molecular flexibility index (Phi) is 3.94. The second-order valence-corrected chi connectivity index (χ2v) is 4.84. The molecule has 0 spiro atoms. The normalized spacial score (nSPS) is 16.8. The molecule has 0 amide bonds. The van der Waals surface area contributed by atoms with Crippen LogP contribution >= 0.6 is 0 Å². The summed E-state index contributed by atoms with van der Waals surface area (Å²) in [5.74, 6) is 0.945. The molecule has 0 bridgehead atoms. The van der Waals surface area contributed by atoms with E-state index in [1.807, 2.05) is 6.07 Å². The molecule has 17 heavy (non-hydrogen) atoms. The average molecular weight is 235 g/mol. The molecule has 94 valence electrons. The van der Waals surface area contributed by atoms with E-state index in [0.717, 1.165) is 37.5 Å². The summed E-state index contributed by atoms with van der Waals surface area (Å²) in [5.41, 5.74) is 1.54. The van der Waals surface area contributed by atoms with Gasteiger partial charge in [0.2, 0.25) is 0 Å². The highest BCUT2D eigenvalue weighted by Crippen LogP contribution is 2.48. The van der Waals surface area contributed by atoms with Crippen LogP contribution in [0.1, 0.15) is 31.9 Å². The van der Waals surface area contributed by atoms with Crippen LogP contribution in [-0.2, 0) is 11.2 Å². The topological polar surface area (TPSA) is 47.0 Å². The Morgan fingerprint density at radius 1 is 1.41 bits per heavy atom. The monoisotopic (exact) mass is 235 g/mol. The van der Waals surface area contributed by atoms with Crippen LogP contribution < -0.4 is 5.32 Å². The number of hydrogen-bond acceptors (Lipinski definition) is 4. The molecule has 2 rings (SSSR count). The van der Waals surface area contributed by atoms with Gasteiger partial charge in [0.05, 0.1) is 0 Å². The largest absolute Gasteiger partial charge is 0.385 e. The number of aryl methyl sites for hydroxylation is 1. The number of nitrogens with one attached hydrogen (secondary N) is 1. The Bertz CT molecular complexity index is 363. The third-order valence-electron chi connectivity index (χ3n) is 3.52. The molecule has 0 atom stereocenters. The van der Waals surface area contributed by atoms with Crippen LogP contribution in [0, 0.1) is 5.41 Å². The molecule has 0 aromatic carbocycles. The Balaban J connectivity index is 1.85. The number of aromatic nitrogens is 2. The van der Waals surface area contributed by atoms with E-state index < -0.39 is 0 Å². The molecule has 1 aromatic heterocycles. The summed E-state index contributed by atoms with van der Waals surface area (Å²) in [7, 11) is 1.77. The molecule has 0 unspecified atom stereocenters. The minimum absolute atomic E-state index is 0.452. The van der Waals surface area contributed by atoms with Gasteiger partial charge in [0.15, 0.2) is 0 Å². The number of nitrogens with zero attached hydrogens (tertiary/aromatic N) is 2. The van der Waals surface area contributed by atoms with Crippen molar-refractivity contribution in [2.45, 2.75) is 32.6 Å². The van der Waals surface area contributed by atoms with Gasteiger partial charge in [0, 0.05) is 32.0 Å². The standard InChI is InChI=1S/C13H21N3O/c1-3-11-8-12(16-10-15-11)14-9-13(4-5-13)6-7-17-2/h8,10H,3-7,9H2,1-2H3,(H,14,15,16). The summed E-state index contributed by atoms with van der Waals surface area (Å²) >= 11 is 0. The van der Waals surface area contributed by atoms with Gasteiger partial charge in [-0.2, -0.15) is 0 Å². The first-order chi connectivity index (χ1) is 8.28. The van der Waals surface area contributed by atoms with Crippen molar-refractivity contribution in [3.05, 3.63) is 18.1 Å². The molecule has 1 aliphatic rings. The average Bonchev–Trinajstić information content (AvgIpc) is 3.15. The first-order valence-electron chi connectivity index (χ1n) is 6.32. The van der Waals surface area contributed by atoms with Crippen molar-refractivity contribution in [1.29, 1.82) is 0 Å². The number of methoxy groups -OCH3 is 1. The Morgan fingerprint density at radius 2 is 2.24 bits per heavy atom. The molecule has 1 heterocycles. The highest BCUT2D eigenvalue weighted by atomic mass is 16.5. The van der Waals surface area contributed by atoms with Crippen molar-refractivity contribution >= 4 is 5.82 Å². The highest BCUT2D eigenvalue weighted by Gasteiger charge is 2.41. The van der Waals surface area contributed by atoms with E-state index in [0.29, 0.717) is 5.41 Å². The van der Waals surface area contributed by atoms with Crippen LogP contribution in [0.25, 0.3) is 0 Å². The summed E-state index contributed by atoms with van der Waals surface area (Å²) in [6.45, 7) is 3.95. The predicted octanol–water partition coefficient (Wildman–Crippen LogP) is 2.27. The fraction of sp³-hybridized carbons (Fsp3) is 0.692. The lowest BCUT2D eigenvalue weighted by Crippen LogP contribution is -2.18. The van der Waals surface area contributed by atoms with Crippen molar-refractivity contribution in [1.82, 2.24) is 9.97 Å². The van der Waals surface area contributed by atoms with Gasteiger partial charge in [-0.15, -0.1) is 0 Å². The molecule has 0 radical (unpaired) electrons. The second-order valence-electron chi connectivity index (χ2n) is 4.84. The maximum atomic E-state index is 5.15. The van der Waals surface area contributed by atoms with Crippen LogP contribution in [0.2, 0.25) is 0 Å². The molecule has 0 aliphatic heterocycles. The van der Waals surface area contributed by atoms with Crippen molar-refractivity contribution < 1.29 is 4.74 Å². The number of rotatable bonds is 7. The van der Waals surface area contributed by atoms with Crippen molar-refractivity contribution in [3.8, 4) is 0 Å². The first-order valence-corrected chi connectivity index (χ1v) is 6.32. The van der Waals surface area contributed by atoms with E-state index >= 15 is 0 Å². The molecule has 1 fully saturated rings. The van der Waals surface area contributed by atoms with Gasteiger partial charge in [-0.3, -0.25) is 0 Å². The van der Waals surface area contributed by atoms with E-state index in [-0.39, 0.29) is 0 Å². The van der Waals surface area contributed by atoms with Gasteiger partial charge in [-0.05, 0) is 31.1 Å². The maximum Gasteiger partial charge on any atom is 0.129 e. The number of hydrogen-bond donors (Lipinski definition) is 1. The van der Waals surface area contributed by atoms with Gasteiger partial charge < -0.3 is 10.1 Å². The third kappa shape index (κ3) is 3.40. The second kappa shape index (κ2) is 5.45. The van der Waals surface area contributed by atoms with E-state index in [1.54, 1.807) is 13.4 Å². The smallest absolute Gasteiger partial charge is 0.129 e.